The van der Waals surface area contributed by atoms with Gasteiger partial charge in [0, 0.05) is 46.1 Å². The molecular weight excluding hydrogens is 948 g/mol. The molecule has 6 rings (SSSR count). The van der Waals surface area contributed by atoms with Crippen LogP contribution in [-0.4, -0.2) is 98.9 Å². The number of nitrogens with zero attached hydrogens (tertiary/aromatic N) is 2. The topological polar surface area (TPSA) is 123 Å². The molecule has 14 heteroatoms. The fraction of sp³-hybridized carbons (Fsp3) is 0.400. The minimum atomic E-state index is -0.197. The van der Waals surface area contributed by atoms with E-state index in [1.807, 2.05) is 72.8 Å². The maximum atomic E-state index is 13.0. The van der Waals surface area contributed by atoms with Crippen molar-refractivity contribution in [1.82, 2.24) is 31.1 Å². The van der Waals surface area contributed by atoms with E-state index in [4.69, 9.17) is 0 Å². The van der Waals surface area contributed by atoms with Crippen molar-refractivity contribution < 1.29 is 19.2 Å². The number of benzene rings is 4. The van der Waals surface area contributed by atoms with Crippen LogP contribution < -0.4 is 21.3 Å². The number of unbranched alkanes of at least 4 members (excludes halogenated alkanes) is 1. The molecule has 10 nitrogen and oxygen atoms in total. The summed E-state index contributed by atoms with van der Waals surface area (Å²) in [5.41, 5.74) is 2.45. The molecule has 0 atom stereocenters. The Bertz CT molecular complexity index is 1630. The van der Waals surface area contributed by atoms with Crippen molar-refractivity contribution >= 4 is 113 Å². The van der Waals surface area contributed by atoms with Gasteiger partial charge in [-0.1, -0.05) is 48.5 Å². The van der Waals surface area contributed by atoms with Gasteiger partial charge in [0.25, 0.3) is 23.6 Å². The van der Waals surface area contributed by atoms with Gasteiger partial charge in [-0.3, -0.25) is 29.0 Å². The van der Waals surface area contributed by atoms with Crippen LogP contribution in [0.15, 0.2) is 72.8 Å². The Kier molecular flexibility index (Phi) is 21.3. The van der Waals surface area contributed by atoms with E-state index >= 15 is 0 Å². The standard InChI is InChI=1S/C40H48N6O4.4BrH/c47-37-31-15-3-11-29-12-4-16-32(35(29)31)38(48)45(37)27-9-25-43-23-7-21-41-19-1-2-20-42-22-8-24-44-26-10-28-46-39(49)33-17-5-13-30-14-6-18-34(36(30)33)40(46)50;;;;/h3-6,11-18,41-44H,1-2,7-10,19-28H2;4*1H. The third kappa shape index (κ3) is 11.5. The lowest BCUT2D eigenvalue weighted by Gasteiger charge is -2.27. The molecule has 4 aromatic rings. The van der Waals surface area contributed by atoms with E-state index in [9.17, 15) is 19.2 Å². The second-order valence-electron chi connectivity index (χ2n) is 13.1. The Morgan fingerprint density at radius 2 is 0.611 bits per heavy atom. The van der Waals surface area contributed by atoms with E-state index in [2.05, 4.69) is 21.3 Å². The van der Waals surface area contributed by atoms with Gasteiger partial charge in [0.15, 0.2) is 0 Å². The Hall–Kier alpha value is -2.56. The lowest BCUT2D eigenvalue weighted by Crippen LogP contribution is -2.41. The monoisotopic (exact) mass is 996 g/mol. The first-order valence-electron chi connectivity index (χ1n) is 18.1. The maximum absolute atomic E-state index is 13.0. The molecule has 2 aliphatic rings. The van der Waals surface area contributed by atoms with Crippen LogP contribution in [-0.2, 0) is 0 Å². The number of rotatable bonds is 21. The molecule has 4 N–H and O–H groups in total. The fourth-order valence-corrected chi connectivity index (χ4v) is 6.97. The molecule has 2 aliphatic heterocycles. The van der Waals surface area contributed by atoms with Crippen molar-refractivity contribution in [2.75, 3.05) is 65.4 Å². The SMILES string of the molecule is Br.Br.Br.Br.O=C1c2cccc3cccc(c23)C(=O)N1CCCNCCCNCCCCNCCCNCCCN1C(=O)c2cccc3cccc(c23)C1=O. The average molecular weight is 1000 g/mol. The largest absolute Gasteiger partial charge is 0.317 e. The highest BCUT2D eigenvalue weighted by molar-refractivity contribution is 8.93. The van der Waals surface area contributed by atoms with Gasteiger partial charge in [0.1, 0.15) is 0 Å². The van der Waals surface area contributed by atoms with E-state index < -0.39 is 0 Å². The molecule has 0 fully saturated rings. The van der Waals surface area contributed by atoms with E-state index in [-0.39, 0.29) is 91.6 Å². The zero-order chi connectivity index (χ0) is 34.7. The number of hydrogen-bond acceptors (Lipinski definition) is 8. The van der Waals surface area contributed by atoms with Gasteiger partial charge in [-0.15, -0.1) is 67.9 Å². The van der Waals surface area contributed by atoms with Gasteiger partial charge in [-0.05, 0) is 126 Å². The number of carbonyl (C=O) groups is 4. The van der Waals surface area contributed by atoms with Crippen LogP contribution in [0.1, 0.15) is 80.0 Å². The molecule has 0 unspecified atom stereocenters. The number of amides is 4. The van der Waals surface area contributed by atoms with Crippen LogP contribution in [0.3, 0.4) is 0 Å². The van der Waals surface area contributed by atoms with Gasteiger partial charge in [-0.2, -0.15) is 0 Å². The molecule has 0 spiro atoms. The van der Waals surface area contributed by atoms with Crippen LogP contribution in [0.25, 0.3) is 21.5 Å². The minimum Gasteiger partial charge on any atom is -0.317 e. The van der Waals surface area contributed by atoms with Crippen molar-refractivity contribution in [3.8, 4) is 0 Å². The molecule has 54 heavy (non-hydrogen) atoms. The van der Waals surface area contributed by atoms with Crippen molar-refractivity contribution in [2.45, 2.75) is 38.5 Å². The van der Waals surface area contributed by atoms with Crippen molar-refractivity contribution in [2.24, 2.45) is 0 Å². The summed E-state index contributed by atoms with van der Waals surface area (Å²) < 4.78 is 0. The molecule has 0 radical (unpaired) electrons. The van der Waals surface area contributed by atoms with Crippen LogP contribution >= 0.6 is 67.9 Å². The molecule has 2 heterocycles. The second kappa shape index (κ2) is 24.2. The van der Waals surface area contributed by atoms with E-state index in [0.29, 0.717) is 35.3 Å². The molecule has 294 valence electrons. The third-order valence-corrected chi connectivity index (χ3v) is 9.55. The number of imide groups is 2. The van der Waals surface area contributed by atoms with Crippen LogP contribution in [0.4, 0.5) is 0 Å². The molecule has 0 aromatic heterocycles. The predicted octanol–water partition coefficient (Wildman–Crippen LogP) is 6.90. The summed E-state index contributed by atoms with van der Waals surface area (Å²) in [7, 11) is 0. The summed E-state index contributed by atoms with van der Waals surface area (Å²) in [5.74, 6) is -0.790. The second-order valence-corrected chi connectivity index (χ2v) is 13.1. The summed E-state index contributed by atoms with van der Waals surface area (Å²) in [6.45, 7) is 8.06. The molecular formula is C40H52Br4N6O4. The Labute approximate surface area is 360 Å². The molecule has 4 amide bonds. The first-order chi connectivity index (χ1) is 24.6. The number of hydrogen-bond donors (Lipinski definition) is 4. The molecule has 4 aromatic carbocycles. The highest BCUT2D eigenvalue weighted by Crippen LogP contribution is 2.31. The average Bonchev–Trinajstić information content (AvgIpc) is 3.14. The lowest BCUT2D eigenvalue weighted by atomic mass is 9.94. The van der Waals surface area contributed by atoms with Gasteiger partial charge >= 0.3 is 0 Å². The van der Waals surface area contributed by atoms with Crippen LogP contribution in [0, 0.1) is 0 Å². The normalized spacial score (nSPS) is 13.0. The van der Waals surface area contributed by atoms with E-state index in [1.54, 1.807) is 0 Å². The Morgan fingerprint density at radius 3 is 0.907 bits per heavy atom. The zero-order valence-electron chi connectivity index (χ0n) is 30.4. The summed E-state index contributed by atoms with van der Waals surface area (Å²) >= 11 is 0. The Morgan fingerprint density at radius 1 is 0.352 bits per heavy atom. The van der Waals surface area contributed by atoms with Gasteiger partial charge in [0.05, 0.1) is 0 Å². The quantitative estimate of drug-likeness (QED) is 0.0526. The van der Waals surface area contributed by atoms with E-state index in [0.717, 1.165) is 112 Å². The number of carbonyl (C=O) groups excluding carboxylic acids is 4. The third-order valence-electron chi connectivity index (χ3n) is 9.55. The summed E-state index contributed by atoms with van der Waals surface area (Å²) in [4.78, 5) is 54.7. The molecule has 0 saturated heterocycles. The molecule has 0 saturated carbocycles. The summed E-state index contributed by atoms with van der Waals surface area (Å²) in [6.07, 6.45) is 5.75. The smallest absolute Gasteiger partial charge is 0.261 e. The summed E-state index contributed by atoms with van der Waals surface area (Å²) in [5, 5.41) is 17.3. The highest BCUT2D eigenvalue weighted by atomic mass is 79.9. The van der Waals surface area contributed by atoms with Gasteiger partial charge in [0.2, 0.25) is 0 Å². The van der Waals surface area contributed by atoms with Gasteiger partial charge < -0.3 is 21.3 Å². The zero-order valence-corrected chi connectivity index (χ0v) is 37.3. The lowest BCUT2D eigenvalue weighted by molar-refractivity contribution is 0.0593. The molecule has 0 bridgehead atoms. The van der Waals surface area contributed by atoms with Crippen LogP contribution in [0.5, 0.6) is 0 Å². The predicted molar refractivity (Wildman–Crippen MR) is 239 cm³/mol. The summed E-state index contributed by atoms with van der Waals surface area (Å²) in [6, 6.07) is 22.5. The van der Waals surface area contributed by atoms with Crippen molar-refractivity contribution in [3.63, 3.8) is 0 Å². The van der Waals surface area contributed by atoms with E-state index in [1.165, 1.54) is 9.80 Å². The first-order valence-corrected chi connectivity index (χ1v) is 18.1. The number of nitrogens with one attached hydrogen (secondary N) is 4. The van der Waals surface area contributed by atoms with Gasteiger partial charge in [-0.25, -0.2) is 0 Å². The highest BCUT2D eigenvalue weighted by Gasteiger charge is 2.33. The van der Waals surface area contributed by atoms with Crippen molar-refractivity contribution in [1.29, 1.82) is 0 Å². The maximum Gasteiger partial charge on any atom is 0.261 e. The van der Waals surface area contributed by atoms with Crippen LogP contribution in [0.2, 0.25) is 0 Å². The van der Waals surface area contributed by atoms with Crippen molar-refractivity contribution in [3.05, 3.63) is 95.1 Å². The number of halogens is 4. The fourth-order valence-electron chi connectivity index (χ4n) is 6.97. The Balaban J connectivity index is 0.00000252. The minimum absolute atomic E-state index is 0. The molecule has 0 aliphatic carbocycles. The first kappa shape index (κ1) is 47.6.